The fourth-order valence-electron chi connectivity index (χ4n) is 2.79. The van der Waals surface area contributed by atoms with Gasteiger partial charge in [0.1, 0.15) is 11.6 Å². The number of aryl methyl sites for hydroxylation is 3. The SMILES string of the molecule is Cc1cc(S(=O)(=O)NCCCn2c(C)nc3ccccc32)ccc1F. The summed E-state index contributed by atoms with van der Waals surface area (Å²) in [6.45, 7) is 4.44. The summed E-state index contributed by atoms with van der Waals surface area (Å²) in [5.41, 5.74) is 2.28. The number of nitrogens with one attached hydrogen (secondary N) is 1. The lowest BCUT2D eigenvalue weighted by Gasteiger charge is -2.09. The molecule has 0 atom stereocenters. The number of benzene rings is 2. The molecule has 1 N–H and O–H groups in total. The van der Waals surface area contributed by atoms with Gasteiger partial charge < -0.3 is 4.57 Å². The minimum atomic E-state index is -3.63. The second-order valence-electron chi connectivity index (χ2n) is 5.96. The highest BCUT2D eigenvalue weighted by Gasteiger charge is 2.15. The van der Waals surface area contributed by atoms with Crippen LogP contribution in [0.4, 0.5) is 4.39 Å². The molecule has 0 radical (unpaired) electrons. The van der Waals surface area contributed by atoms with Crippen LogP contribution in [0.3, 0.4) is 0 Å². The van der Waals surface area contributed by atoms with E-state index >= 15 is 0 Å². The topological polar surface area (TPSA) is 64.0 Å². The summed E-state index contributed by atoms with van der Waals surface area (Å²) in [5, 5.41) is 0. The molecule has 0 aliphatic carbocycles. The van der Waals surface area contributed by atoms with E-state index in [1.54, 1.807) is 6.92 Å². The minimum Gasteiger partial charge on any atom is -0.328 e. The van der Waals surface area contributed by atoms with Crippen LogP contribution >= 0.6 is 0 Å². The van der Waals surface area contributed by atoms with Crippen LogP contribution in [0.25, 0.3) is 11.0 Å². The molecule has 0 saturated carbocycles. The molecule has 132 valence electrons. The molecule has 0 spiro atoms. The van der Waals surface area contributed by atoms with Gasteiger partial charge in [0.2, 0.25) is 10.0 Å². The van der Waals surface area contributed by atoms with E-state index in [0.717, 1.165) is 16.9 Å². The molecule has 2 aromatic carbocycles. The summed E-state index contributed by atoms with van der Waals surface area (Å²) < 4.78 is 42.5. The van der Waals surface area contributed by atoms with Crippen molar-refractivity contribution in [1.29, 1.82) is 0 Å². The van der Waals surface area contributed by atoms with Gasteiger partial charge in [-0.15, -0.1) is 0 Å². The quantitative estimate of drug-likeness (QED) is 0.686. The van der Waals surface area contributed by atoms with Crippen LogP contribution in [0.5, 0.6) is 0 Å². The molecule has 0 aliphatic heterocycles. The minimum absolute atomic E-state index is 0.0793. The van der Waals surface area contributed by atoms with Gasteiger partial charge in [0.15, 0.2) is 0 Å². The van der Waals surface area contributed by atoms with Gasteiger partial charge in [0, 0.05) is 13.1 Å². The standard InChI is InChI=1S/C18H20FN3O2S/c1-13-12-15(8-9-16(13)19)25(23,24)20-10-5-11-22-14(2)21-17-6-3-4-7-18(17)22/h3-4,6-9,12,20H,5,10-11H2,1-2H3. The fraction of sp³-hybridized carbons (Fsp3) is 0.278. The predicted molar refractivity (Wildman–Crippen MR) is 95.4 cm³/mol. The molecule has 0 fully saturated rings. The Labute approximate surface area is 146 Å². The molecule has 3 rings (SSSR count). The van der Waals surface area contributed by atoms with E-state index < -0.39 is 15.8 Å². The van der Waals surface area contributed by atoms with Gasteiger partial charge in [-0.1, -0.05) is 12.1 Å². The second kappa shape index (κ2) is 6.93. The van der Waals surface area contributed by atoms with Gasteiger partial charge in [0.05, 0.1) is 15.9 Å². The molecule has 25 heavy (non-hydrogen) atoms. The van der Waals surface area contributed by atoms with Gasteiger partial charge >= 0.3 is 0 Å². The number of nitrogens with zero attached hydrogens (tertiary/aromatic N) is 2. The smallest absolute Gasteiger partial charge is 0.240 e. The van der Waals surface area contributed by atoms with Crippen molar-refractivity contribution in [2.75, 3.05) is 6.54 Å². The van der Waals surface area contributed by atoms with Gasteiger partial charge in [0.25, 0.3) is 0 Å². The maximum atomic E-state index is 13.3. The highest BCUT2D eigenvalue weighted by atomic mass is 32.2. The Morgan fingerprint density at radius 2 is 1.92 bits per heavy atom. The monoisotopic (exact) mass is 361 g/mol. The van der Waals surface area contributed by atoms with Crippen molar-refractivity contribution in [3.63, 3.8) is 0 Å². The summed E-state index contributed by atoms with van der Waals surface area (Å²) >= 11 is 0. The maximum Gasteiger partial charge on any atom is 0.240 e. The lowest BCUT2D eigenvalue weighted by molar-refractivity contribution is 0.569. The van der Waals surface area contributed by atoms with Crippen LogP contribution in [0.2, 0.25) is 0 Å². The van der Waals surface area contributed by atoms with Crippen molar-refractivity contribution in [1.82, 2.24) is 14.3 Å². The van der Waals surface area contributed by atoms with Crippen molar-refractivity contribution < 1.29 is 12.8 Å². The van der Waals surface area contributed by atoms with Gasteiger partial charge in [-0.3, -0.25) is 0 Å². The maximum absolute atomic E-state index is 13.3. The van der Waals surface area contributed by atoms with Gasteiger partial charge in [-0.2, -0.15) is 0 Å². The summed E-state index contributed by atoms with van der Waals surface area (Å²) in [6.07, 6.45) is 0.626. The first-order chi connectivity index (χ1) is 11.9. The lowest BCUT2D eigenvalue weighted by atomic mass is 10.2. The van der Waals surface area contributed by atoms with Crippen LogP contribution < -0.4 is 4.72 Å². The Kier molecular flexibility index (Phi) is 4.87. The van der Waals surface area contributed by atoms with E-state index in [-0.39, 0.29) is 4.90 Å². The Morgan fingerprint density at radius 1 is 1.16 bits per heavy atom. The number of imidazole rings is 1. The summed E-state index contributed by atoms with van der Waals surface area (Å²) in [7, 11) is -3.63. The lowest BCUT2D eigenvalue weighted by Crippen LogP contribution is -2.25. The van der Waals surface area contributed by atoms with Crippen LogP contribution in [0, 0.1) is 19.7 Å². The van der Waals surface area contributed by atoms with Crippen molar-refractivity contribution in [3.05, 3.63) is 59.7 Å². The molecule has 0 saturated heterocycles. The third-order valence-corrected chi connectivity index (χ3v) is 5.59. The number of halogens is 1. The van der Waals surface area contributed by atoms with E-state index in [2.05, 4.69) is 14.3 Å². The van der Waals surface area contributed by atoms with Gasteiger partial charge in [-0.05, 0) is 56.2 Å². The zero-order valence-corrected chi connectivity index (χ0v) is 15.0. The highest BCUT2D eigenvalue weighted by Crippen LogP contribution is 2.16. The molecular weight excluding hydrogens is 341 g/mol. The zero-order valence-electron chi connectivity index (χ0n) is 14.2. The van der Waals surface area contributed by atoms with E-state index in [4.69, 9.17) is 0 Å². The van der Waals surface area contributed by atoms with Crippen molar-refractivity contribution in [2.45, 2.75) is 31.7 Å². The average molecular weight is 361 g/mol. The number of aromatic nitrogens is 2. The first-order valence-corrected chi connectivity index (χ1v) is 9.54. The molecule has 0 aliphatic rings. The molecule has 1 aromatic heterocycles. The first-order valence-electron chi connectivity index (χ1n) is 8.06. The average Bonchev–Trinajstić information content (AvgIpc) is 2.89. The number of para-hydroxylation sites is 2. The molecule has 3 aromatic rings. The largest absolute Gasteiger partial charge is 0.328 e. The Bertz CT molecular complexity index is 1010. The molecule has 0 unspecified atom stereocenters. The Morgan fingerprint density at radius 3 is 2.68 bits per heavy atom. The Balaban J connectivity index is 1.64. The zero-order chi connectivity index (χ0) is 18.0. The number of rotatable bonds is 6. The molecule has 1 heterocycles. The predicted octanol–water partition coefficient (Wildman–Crippen LogP) is 3.16. The third-order valence-electron chi connectivity index (χ3n) is 4.14. The summed E-state index contributed by atoms with van der Waals surface area (Å²) in [4.78, 5) is 4.57. The van der Waals surface area contributed by atoms with E-state index in [1.165, 1.54) is 18.2 Å². The fourth-order valence-corrected chi connectivity index (χ4v) is 3.95. The highest BCUT2D eigenvalue weighted by molar-refractivity contribution is 7.89. The van der Waals surface area contributed by atoms with E-state index in [9.17, 15) is 12.8 Å². The number of sulfonamides is 1. The molecule has 0 bridgehead atoms. The molecule has 5 nitrogen and oxygen atoms in total. The van der Waals surface area contributed by atoms with Crippen molar-refractivity contribution >= 4 is 21.1 Å². The second-order valence-corrected chi connectivity index (χ2v) is 7.73. The van der Waals surface area contributed by atoms with Crippen molar-refractivity contribution in [2.24, 2.45) is 0 Å². The van der Waals surface area contributed by atoms with Crippen LogP contribution in [-0.4, -0.2) is 24.5 Å². The third kappa shape index (κ3) is 3.72. The van der Waals surface area contributed by atoms with Crippen LogP contribution in [0.1, 0.15) is 17.8 Å². The van der Waals surface area contributed by atoms with E-state index in [1.807, 2.05) is 31.2 Å². The molecule has 0 amide bonds. The Hall–Kier alpha value is -2.25. The summed E-state index contributed by atoms with van der Waals surface area (Å²) in [6, 6.07) is 11.6. The normalized spacial score (nSPS) is 12.0. The number of hydrogen-bond donors (Lipinski definition) is 1. The molecule has 7 heteroatoms. The number of fused-ring (bicyclic) bond motifs is 1. The van der Waals surface area contributed by atoms with Gasteiger partial charge in [-0.25, -0.2) is 22.5 Å². The van der Waals surface area contributed by atoms with Crippen molar-refractivity contribution in [3.8, 4) is 0 Å². The van der Waals surface area contributed by atoms with E-state index in [0.29, 0.717) is 25.1 Å². The van der Waals surface area contributed by atoms with Crippen LogP contribution in [0.15, 0.2) is 47.4 Å². The van der Waals surface area contributed by atoms with Crippen LogP contribution in [-0.2, 0) is 16.6 Å². The number of hydrogen-bond acceptors (Lipinski definition) is 3. The summed E-state index contributed by atoms with van der Waals surface area (Å²) in [5.74, 6) is 0.486. The molecular formula is C18H20FN3O2S. The first kappa shape index (κ1) is 17.6.